The first kappa shape index (κ1) is 8.37. The number of halogens is 3. The average molecular weight is 162 g/mol. The maximum atomic E-state index is 12.1. The summed E-state index contributed by atoms with van der Waals surface area (Å²) in [5, 5.41) is 0. The van der Waals surface area contributed by atoms with Crippen molar-refractivity contribution in [2.45, 2.75) is 25.9 Å². The first-order valence-corrected chi connectivity index (χ1v) is 3.46. The highest BCUT2D eigenvalue weighted by molar-refractivity contribution is 5.35. The second-order valence-corrected chi connectivity index (χ2v) is 2.58. The average Bonchev–Trinajstić information content (AvgIpc) is 1.86. The minimum Gasteiger partial charge on any atom is -0.166 e. The Bertz CT molecular complexity index is 208. The van der Waals surface area contributed by atoms with Crippen molar-refractivity contribution in [1.29, 1.82) is 0 Å². The highest BCUT2D eigenvalue weighted by Gasteiger charge is 2.34. The van der Waals surface area contributed by atoms with E-state index in [1.165, 1.54) is 13.0 Å². The van der Waals surface area contributed by atoms with Crippen molar-refractivity contribution < 1.29 is 13.2 Å². The van der Waals surface area contributed by atoms with Gasteiger partial charge in [0.2, 0.25) is 0 Å². The van der Waals surface area contributed by atoms with Gasteiger partial charge in [0.25, 0.3) is 0 Å². The summed E-state index contributed by atoms with van der Waals surface area (Å²) >= 11 is 0. The summed E-state index contributed by atoms with van der Waals surface area (Å²) in [5.74, 6) is 0. The Labute approximate surface area is 63.4 Å². The van der Waals surface area contributed by atoms with Crippen molar-refractivity contribution >= 4 is 0 Å². The van der Waals surface area contributed by atoms with E-state index in [0.717, 1.165) is 6.42 Å². The molecule has 0 amide bonds. The van der Waals surface area contributed by atoms with Crippen molar-refractivity contribution in [2.75, 3.05) is 0 Å². The Balaban J connectivity index is 2.87. The lowest BCUT2D eigenvalue weighted by atomic mass is 9.99. The van der Waals surface area contributed by atoms with Crippen LogP contribution >= 0.6 is 0 Å². The van der Waals surface area contributed by atoms with Crippen LogP contribution in [0.1, 0.15) is 19.8 Å². The molecule has 1 rings (SSSR count). The van der Waals surface area contributed by atoms with Gasteiger partial charge in [0.15, 0.2) is 0 Å². The van der Waals surface area contributed by atoms with Crippen LogP contribution in [0.15, 0.2) is 23.3 Å². The van der Waals surface area contributed by atoms with Gasteiger partial charge in [0, 0.05) is 0 Å². The van der Waals surface area contributed by atoms with E-state index in [2.05, 4.69) is 0 Å². The summed E-state index contributed by atoms with van der Waals surface area (Å²) < 4.78 is 36.2. The quantitative estimate of drug-likeness (QED) is 0.513. The number of rotatable bonds is 0. The molecule has 0 fully saturated rings. The van der Waals surface area contributed by atoms with Gasteiger partial charge in [-0.25, -0.2) is 0 Å². The fraction of sp³-hybridized carbons (Fsp3) is 0.500. The van der Waals surface area contributed by atoms with Crippen LogP contribution in [0.2, 0.25) is 0 Å². The van der Waals surface area contributed by atoms with Crippen LogP contribution in [0, 0.1) is 0 Å². The molecule has 0 bridgehead atoms. The summed E-state index contributed by atoms with van der Waals surface area (Å²) in [4.78, 5) is 0. The third-order valence-corrected chi connectivity index (χ3v) is 1.70. The molecule has 62 valence electrons. The first-order valence-electron chi connectivity index (χ1n) is 3.46. The van der Waals surface area contributed by atoms with Crippen LogP contribution in [0.5, 0.6) is 0 Å². The van der Waals surface area contributed by atoms with E-state index in [-0.39, 0.29) is 0 Å². The molecule has 0 spiro atoms. The normalized spacial score (nSPS) is 19.3. The van der Waals surface area contributed by atoms with Crippen LogP contribution in [-0.2, 0) is 0 Å². The van der Waals surface area contributed by atoms with E-state index in [4.69, 9.17) is 0 Å². The molecule has 3 heteroatoms. The summed E-state index contributed by atoms with van der Waals surface area (Å²) in [6, 6.07) is 0. The van der Waals surface area contributed by atoms with E-state index in [1.807, 2.05) is 0 Å². The topological polar surface area (TPSA) is 0 Å². The monoisotopic (exact) mass is 162 g/mol. The minimum atomic E-state index is -4.17. The van der Waals surface area contributed by atoms with Crippen molar-refractivity contribution in [3.05, 3.63) is 23.3 Å². The maximum absolute atomic E-state index is 12.1. The number of hydrogen-bond acceptors (Lipinski definition) is 0. The molecular formula is C8H9F3. The molecule has 0 unspecified atom stereocenters. The first-order chi connectivity index (χ1) is 5.02. The van der Waals surface area contributed by atoms with Crippen molar-refractivity contribution in [3.63, 3.8) is 0 Å². The highest BCUT2D eigenvalue weighted by atomic mass is 19.4. The highest BCUT2D eigenvalue weighted by Crippen LogP contribution is 2.33. The molecule has 0 N–H and O–H groups in total. The Morgan fingerprint density at radius 2 is 1.73 bits per heavy atom. The van der Waals surface area contributed by atoms with Gasteiger partial charge in [0.05, 0.1) is 5.57 Å². The van der Waals surface area contributed by atoms with Crippen molar-refractivity contribution in [1.82, 2.24) is 0 Å². The van der Waals surface area contributed by atoms with Gasteiger partial charge in [-0.05, 0) is 25.3 Å². The second kappa shape index (κ2) is 2.72. The zero-order chi connectivity index (χ0) is 8.48. The third kappa shape index (κ3) is 1.85. The molecule has 0 saturated heterocycles. The molecule has 1 aliphatic carbocycles. The van der Waals surface area contributed by atoms with Gasteiger partial charge < -0.3 is 0 Å². The van der Waals surface area contributed by atoms with Gasteiger partial charge >= 0.3 is 6.18 Å². The van der Waals surface area contributed by atoms with Gasteiger partial charge in [-0.3, -0.25) is 0 Å². The minimum absolute atomic E-state index is 0.351. The predicted molar refractivity (Wildman–Crippen MR) is 37.1 cm³/mol. The number of hydrogen-bond donors (Lipinski definition) is 0. The fourth-order valence-electron chi connectivity index (χ4n) is 1.14. The molecule has 0 saturated carbocycles. The van der Waals surface area contributed by atoms with Gasteiger partial charge in [-0.15, -0.1) is 0 Å². The molecule has 0 radical (unpaired) electrons. The molecule has 0 aliphatic heterocycles. The Morgan fingerprint density at radius 1 is 1.18 bits per heavy atom. The summed E-state index contributed by atoms with van der Waals surface area (Å²) in [6.07, 6.45) is -0.0449. The molecule has 0 nitrogen and oxygen atoms in total. The van der Waals surface area contributed by atoms with Crippen LogP contribution in [0.4, 0.5) is 13.2 Å². The lowest BCUT2D eigenvalue weighted by molar-refractivity contribution is -0.0897. The second-order valence-electron chi connectivity index (χ2n) is 2.58. The SMILES string of the molecule is CC1=CCCC=C1C(F)(F)F. The van der Waals surface area contributed by atoms with Gasteiger partial charge in [0.1, 0.15) is 0 Å². The molecule has 0 aromatic carbocycles. The molecule has 0 aromatic heterocycles. The zero-order valence-electron chi connectivity index (χ0n) is 6.20. The standard InChI is InChI=1S/C8H9F3/c1-6-4-2-3-5-7(6)8(9,10)11/h4-5H,2-3H2,1H3. The fourth-order valence-corrected chi connectivity index (χ4v) is 1.14. The zero-order valence-corrected chi connectivity index (χ0v) is 6.20. The van der Waals surface area contributed by atoms with Crippen LogP contribution in [-0.4, -0.2) is 6.18 Å². The summed E-state index contributed by atoms with van der Waals surface area (Å²) in [7, 11) is 0. The lowest BCUT2D eigenvalue weighted by Crippen LogP contribution is -2.14. The van der Waals surface area contributed by atoms with Crippen LogP contribution < -0.4 is 0 Å². The largest absolute Gasteiger partial charge is 0.416 e. The summed E-state index contributed by atoms with van der Waals surface area (Å²) in [5.41, 5.74) is -0.118. The van der Waals surface area contributed by atoms with E-state index in [1.54, 1.807) is 6.08 Å². The van der Waals surface area contributed by atoms with E-state index < -0.39 is 11.7 Å². The molecule has 0 heterocycles. The molecular weight excluding hydrogens is 153 g/mol. The molecule has 0 atom stereocenters. The molecule has 11 heavy (non-hydrogen) atoms. The van der Waals surface area contributed by atoms with Gasteiger partial charge in [-0.2, -0.15) is 13.2 Å². The van der Waals surface area contributed by atoms with Crippen LogP contribution in [0.25, 0.3) is 0 Å². The Morgan fingerprint density at radius 3 is 2.09 bits per heavy atom. The van der Waals surface area contributed by atoms with Crippen LogP contribution in [0.3, 0.4) is 0 Å². The van der Waals surface area contributed by atoms with Crippen molar-refractivity contribution in [2.24, 2.45) is 0 Å². The maximum Gasteiger partial charge on any atom is 0.416 e. The lowest BCUT2D eigenvalue weighted by Gasteiger charge is -2.15. The smallest absolute Gasteiger partial charge is 0.166 e. The molecule has 1 aliphatic rings. The van der Waals surface area contributed by atoms with Gasteiger partial charge in [-0.1, -0.05) is 12.2 Å². The predicted octanol–water partition coefficient (Wildman–Crippen LogP) is 3.22. The number of allylic oxidation sites excluding steroid dienone is 4. The third-order valence-electron chi connectivity index (χ3n) is 1.70. The Kier molecular flexibility index (Phi) is 2.07. The number of alkyl halides is 3. The van der Waals surface area contributed by atoms with E-state index in [0.29, 0.717) is 12.0 Å². The molecule has 0 aromatic rings. The summed E-state index contributed by atoms with van der Waals surface area (Å²) in [6.45, 7) is 1.50. The van der Waals surface area contributed by atoms with Crippen molar-refractivity contribution in [3.8, 4) is 0 Å². The Hall–Kier alpha value is -0.730. The van der Waals surface area contributed by atoms with E-state index in [9.17, 15) is 13.2 Å². The van der Waals surface area contributed by atoms with E-state index >= 15 is 0 Å².